The summed E-state index contributed by atoms with van der Waals surface area (Å²) < 4.78 is 5.61. The van der Waals surface area contributed by atoms with Crippen molar-refractivity contribution < 1.29 is 14.5 Å². The van der Waals surface area contributed by atoms with Crippen LogP contribution in [0.15, 0.2) is 77.3 Å². The van der Waals surface area contributed by atoms with E-state index in [9.17, 15) is 14.9 Å². The number of nitro groups is 1. The average molecular weight is 412 g/mol. The molecule has 0 saturated carbocycles. The topological polar surface area (TPSA) is 69.4 Å². The maximum absolute atomic E-state index is 12.2. The molecule has 3 aromatic rings. The van der Waals surface area contributed by atoms with E-state index in [0.29, 0.717) is 10.2 Å². The highest BCUT2D eigenvalue weighted by Crippen LogP contribution is 2.26. The number of nitro benzene ring substituents is 1. The molecule has 0 aliphatic carbocycles. The third-order valence-electron chi connectivity index (χ3n) is 3.76. The van der Waals surface area contributed by atoms with E-state index in [0.717, 1.165) is 12.0 Å². The molecule has 0 radical (unpaired) electrons. The number of esters is 1. The molecular weight excluding hydrogens is 398 g/mol. The van der Waals surface area contributed by atoms with Gasteiger partial charge in [0.1, 0.15) is 5.75 Å². The van der Waals surface area contributed by atoms with Gasteiger partial charge in [-0.3, -0.25) is 10.1 Å². The molecule has 0 saturated heterocycles. The normalized spacial score (nSPS) is 10.3. The first-order chi connectivity index (χ1) is 12.5. The minimum atomic E-state index is -0.642. The molecule has 0 bridgehead atoms. The van der Waals surface area contributed by atoms with Crippen molar-refractivity contribution in [2.24, 2.45) is 0 Å². The molecule has 0 heterocycles. The van der Waals surface area contributed by atoms with Crippen LogP contribution in [-0.4, -0.2) is 10.9 Å². The fourth-order valence-corrected chi connectivity index (χ4v) is 2.84. The fraction of sp³-hybridized carbons (Fsp3) is 0.0500. The summed E-state index contributed by atoms with van der Waals surface area (Å²) in [5, 5.41) is 11.0. The number of carbonyl (C=O) groups excluding carboxylic acids is 1. The Hall–Kier alpha value is -2.99. The molecule has 0 spiro atoms. The van der Waals surface area contributed by atoms with E-state index < -0.39 is 10.9 Å². The van der Waals surface area contributed by atoms with Crippen LogP contribution < -0.4 is 4.74 Å². The van der Waals surface area contributed by atoms with E-state index in [-0.39, 0.29) is 11.3 Å². The molecule has 130 valence electrons. The summed E-state index contributed by atoms with van der Waals surface area (Å²) in [4.78, 5) is 22.6. The Bertz CT molecular complexity index is 940. The fourth-order valence-electron chi connectivity index (χ4n) is 2.45. The average Bonchev–Trinajstić information content (AvgIpc) is 2.64. The first-order valence-corrected chi connectivity index (χ1v) is 8.61. The van der Waals surface area contributed by atoms with Gasteiger partial charge in [-0.2, -0.15) is 0 Å². The molecule has 0 aliphatic rings. The van der Waals surface area contributed by atoms with Crippen LogP contribution in [0.4, 0.5) is 5.69 Å². The quantitative estimate of drug-likeness (QED) is 0.251. The Morgan fingerprint density at radius 1 is 0.962 bits per heavy atom. The van der Waals surface area contributed by atoms with Crippen LogP contribution in [0.25, 0.3) is 0 Å². The number of nitrogens with zero attached hydrogens (tertiary/aromatic N) is 1. The molecule has 0 aliphatic heterocycles. The third kappa shape index (κ3) is 4.34. The van der Waals surface area contributed by atoms with Gasteiger partial charge in [-0.25, -0.2) is 4.79 Å². The van der Waals surface area contributed by atoms with Crippen molar-refractivity contribution in [2.75, 3.05) is 0 Å². The van der Waals surface area contributed by atoms with Crippen LogP contribution in [0.2, 0.25) is 0 Å². The molecule has 0 amide bonds. The van der Waals surface area contributed by atoms with Gasteiger partial charge in [-0.15, -0.1) is 0 Å². The van der Waals surface area contributed by atoms with Crippen molar-refractivity contribution >= 4 is 27.6 Å². The SMILES string of the molecule is O=C(Oc1ccc(Cc2ccccc2)cc1)c1ccc(Br)c([N+](=O)[O-])c1. The molecule has 0 aromatic heterocycles. The van der Waals surface area contributed by atoms with Crippen LogP contribution >= 0.6 is 15.9 Å². The standard InChI is InChI=1S/C20H14BrNO4/c21-18-11-8-16(13-19(18)22(24)25)20(23)26-17-9-6-15(7-10-17)12-14-4-2-1-3-5-14/h1-11,13H,12H2. The van der Waals surface area contributed by atoms with Gasteiger partial charge in [0.05, 0.1) is 15.0 Å². The molecule has 26 heavy (non-hydrogen) atoms. The van der Waals surface area contributed by atoms with Gasteiger partial charge in [0.2, 0.25) is 0 Å². The van der Waals surface area contributed by atoms with Crippen molar-refractivity contribution in [2.45, 2.75) is 6.42 Å². The molecule has 5 nitrogen and oxygen atoms in total. The van der Waals surface area contributed by atoms with Crippen molar-refractivity contribution in [1.82, 2.24) is 0 Å². The van der Waals surface area contributed by atoms with E-state index in [1.165, 1.54) is 23.8 Å². The molecule has 3 aromatic carbocycles. The number of hydrogen-bond donors (Lipinski definition) is 0. The minimum absolute atomic E-state index is 0.119. The van der Waals surface area contributed by atoms with Crippen LogP contribution in [0, 0.1) is 10.1 Å². The molecular formula is C20H14BrNO4. The Morgan fingerprint density at radius 3 is 2.27 bits per heavy atom. The zero-order valence-corrected chi connectivity index (χ0v) is 15.2. The lowest BCUT2D eigenvalue weighted by atomic mass is 10.1. The Balaban J connectivity index is 1.70. The number of carbonyl (C=O) groups is 1. The molecule has 6 heteroatoms. The molecule has 0 N–H and O–H groups in total. The van der Waals surface area contributed by atoms with Gasteiger partial charge in [0, 0.05) is 6.07 Å². The Labute approximate surface area is 158 Å². The van der Waals surface area contributed by atoms with E-state index in [4.69, 9.17) is 4.74 Å². The Kier molecular flexibility index (Phi) is 5.43. The first kappa shape index (κ1) is 17.8. The highest BCUT2D eigenvalue weighted by molar-refractivity contribution is 9.10. The molecule has 0 fully saturated rings. The van der Waals surface area contributed by atoms with E-state index in [2.05, 4.69) is 15.9 Å². The summed E-state index contributed by atoms with van der Waals surface area (Å²) in [6, 6.07) is 21.4. The van der Waals surface area contributed by atoms with Crippen LogP contribution in [0.5, 0.6) is 5.75 Å². The second kappa shape index (κ2) is 7.93. The van der Waals surface area contributed by atoms with E-state index >= 15 is 0 Å². The lowest BCUT2D eigenvalue weighted by Crippen LogP contribution is -2.09. The maximum Gasteiger partial charge on any atom is 0.343 e. The highest BCUT2D eigenvalue weighted by Gasteiger charge is 2.17. The number of benzene rings is 3. The van der Waals surface area contributed by atoms with E-state index in [1.54, 1.807) is 12.1 Å². The maximum atomic E-state index is 12.2. The lowest BCUT2D eigenvalue weighted by Gasteiger charge is -2.06. The second-order valence-electron chi connectivity index (χ2n) is 5.62. The molecule has 0 unspecified atom stereocenters. The van der Waals surface area contributed by atoms with Crippen molar-refractivity contribution in [1.29, 1.82) is 0 Å². The van der Waals surface area contributed by atoms with Crippen LogP contribution in [0.3, 0.4) is 0 Å². The van der Waals surface area contributed by atoms with Crippen molar-refractivity contribution in [3.63, 3.8) is 0 Å². The smallest absolute Gasteiger partial charge is 0.343 e. The first-order valence-electron chi connectivity index (χ1n) is 7.82. The molecule has 3 rings (SSSR count). The Morgan fingerprint density at radius 2 is 1.62 bits per heavy atom. The van der Waals surface area contributed by atoms with Gasteiger partial charge in [0.25, 0.3) is 5.69 Å². The van der Waals surface area contributed by atoms with Crippen molar-refractivity contribution in [3.8, 4) is 5.75 Å². The van der Waals surface area contributed by atoms with Gasteiger partial charge in [-0.1, -0.05) is 42.5 Å². The summed E-state index contributed by atoms with van der Waals surface area (Å²) in [5.41, 5.74) is 2.22. The second-order valence-corrected chi connectivity index (χ2v) is 6.47. The number of halogens is 1. The van der Waals surface area contributed by atoms with Gasteiger partial charge >= 0.3 is 5.97 Å². The minimum Gasteiger partial charge on any atom is -0.423 e. The highest BCUT2D eigenvalue weighted by atomic mass is 79.9. The van der Waals surface area contributed by atoms with Gasteiger partial charge < -0.3 is 4.74 Å². The largest absolute Gasteiger partial charge is 0.423 e. The zero-order chi connectivity index (χ0) is 18.5. The summed E-state index contributed by atoms with van der Waals surface area (Å²) in [6.45, 7) is 0. The zero-order valence-electron chi connectivity index (χ0n) is 13.6. The van der Waals surface area contributed by atoms with Crippen molar-refractivity contribution in [3.05, 3.63) is 104 Å². The molecule has 0 atom stereocenters. The number of hydrogen-bond acceptors (Lipinski definition) is 4. The van der Waals surface area contributed by atoms with Crippen LogP contribution in [-0.2, 0) is 6.42 Å². The predicted molar refractivity (Wildman–Crippen MR) is 101 cm³/mol. The number of ether oxygens (including phenoxy) is 1. The predicted octanol–water partition coefficient (Wildman–Crippen LogP) is 5.17. The van der Waals surface area contributed by atoms with Gasteiger partial charge in [-0.05, 0) is 57.7 Å². The van der Waals surface area contributed by atoms with Crippen LogP contribution in [0.1, 0.15) is 21.5 Å². The number of rotatable bonds is 5. The lowest BCUT2D eigenvalue weighted by molar-refractivity contribution is -0.385. The monoisotopic (exact) mass is 411 g/mol. The third-order valence-corrected chi connectivity index (χ3v) is 4.43. The van der Waals surface area contributed by atoms with E-state index in [1.807, 2.05) is 42.5 Å². The summed E-state index contributed by atoms with van der Waals surface area (Å²) in [7, 11) is 0. The van der Waals surface area contributed by atoms with Gasteiger partial charge in [0.15, 0.2) is 0 Å². The summed E-state index contributed by atoms with van der Waals surface area (Å²) in [6.07, 6.45) is 0.786. The summed E-state index contributed by atoms with van der Waals surface area (Å²) >= 11 is 3.09. The summed E-state index contributed by atoms with van der Waals surface area (Å²) in [5.74, 6) is -0.256.